The van der Waals surface area contributed by atoms with Crippen LogP contribution >= 0.6 is 0 Å². The highest BCUT2D eigenvalue weighted by Gasteiger charge is 2.45. The second kappa shape index (κ2) is 10.1. The summed E-state index contributed by atoms with van der Waals surface area (Å²) in [6.07, 6.45) is 18.0. The number of allylic oxidation sites excluding steroid dienone is 2. The highest BCUT2D eigenvalue weighted by Crippen LogP contribution is 2.50. The van der Waals surface area contributed by atoms with Crippen molar-refractivity contribution in [3.8, 4) is 0 Å². The Morgan fingerprint density at radius 1 is 1.19 bits per heavy atom. The molecule has 0 bridgehead atoms. The van der Waals surface area contributed by atoms with E-state index < -0.39 is 0 Å². The van der Waals surface area contributed by atoms with E-state index in [9.17, 15) is 10.2 Å². The average molecular weight is 362 g/mol. The summed E-state index contributed by atoms with van der Waals surface area (Å²) in [5.74, 6) is 1.93. The Hall–Kier alpha value is -0.640. The van der Waals surface area contributed by atoms with E-state index in [0.717, 1.165) is 38.8 Å². The summed E-state index contributed by atoms with van der Waals surface area (Å²) >= 11 is 0. The van der Waals surface area contributed by atoms with E-state index in [1.807, 2.05) is 6.08 Å². The van der Waals surface area contributed by atoms with Gasteiger partial charge in [-0.1, -0.05) is 43.6 Å². The zero-order valence-corrected chi connectivity index (χ0v) is 16.6. The van der Waals surface area contributed by atoms with Gasteiger partial charge >= 0.3 is 0 Å². The van der Waals surface area contributed by atoms with Crippen LogP contribution in [-0.4, -0.2) is 35.5 Å². The van der Waals surface area contributed by atoms with Crippen LogP contribution in [0.2, 0.25) is 0 Å². The predicted molar refractivity (Wildman–Crippen MR) is 108 cm³/mol. The smallest absolute Gasteiger partial charge is 0.0749 e. The van der Waals surface area contributed by atoms with Crippen molar-refractivity contribution >= 4 is 0 Å². The fourth-order valence-electron chi connectivity index (χ4n) is 5.52. The molecule has 3 fully saturated rings. The summed E-state index contributed by atoms with van der Waals surface area (Å²) < 4.78 is 0. The van der Waals surface area contributed by atoms with Crippen LogP contribution in [0.15, 0.2) is 23.8 Å². The topological polar surface area (TPSA) is 52.5 Å². The van der Waals surface area contributed by atoms with Crippen LogP contribution in [0.4, 0.5) is 0 Å². The molecule has 0 spiro atoms. The average Bonchev–Trinajstić information content (AvgIpc) is 3.33. The Bertz CT molecular complexity index is 481. The normalized spacial score (nSPS) is 35.0. The van der Waals surface area contributed by atoms with Crippen LogP contribution in [0.1, 0.15) is 71.1 Å². The van der Waals surface area contributed by atoms with Gasteiger partial charge in [0, 0.05) is 5.92 Å². The van der Waals surface area contributed by atoms with Gasteiger partial charge in [0.05, 0.1) is 12.2 Å². The second-order valence-corrected chi connectivity index (χ2v) is 8.84. The van der Waals surface area contributed by atoms with Crippen molar-refractivity contribution in [2.24, 2.45) is 23.7 Å². The molecule has 0 aromatic heterocycles. The molecule has 3 heteroatoms. The molecule has 26 heavy (non-hydrogen) atoms. The third kappa shape index (κ3) is 5.21. The van der Waals surface area contributed by atoms with E-state index >= 15 is 0 Å². The number of hydrogen-bond acceptors (Lipinski definition) is 3. The molecule has 0 aromatic carbocycles. The minimum Gasteiger partial charge on any atom is -0.392 e. The molecule has 0 aromatic rings. The molecule has 3 aliphatic carbocycles. The van der Waals surface area contributed by atoms with Gasteiger partial charge in [-0.25, -0.2) is 0 Å². The zero-order valence-electron chi connectivity index (χ0n) is 16.6. The lowest BCUT2D eigenvalue weighted by Crippen LogP contribution is -2.19. The van der Waals surface area contributed by atoms with Crippen molar-refractivity contribution in [1.29, 1.82) is 0 Å². The molecule has 148 valence electrons. The largest absolute Gasteiger partial charge is 0.392 e. The molecule has 0 saturated heterocycles. The van der Waals surface area contributed by atoms with Crippen LogP contribution in [0.3, 0.4) is 0 Å². The summed E-state index contributed by atoms with van der Waals surface area (Å²) in [6.45, 7) is 4.36. The number of aliphatic hydroxyl groups excluding tert-OH is 2. The fourth-order valence-corrected chi connectivity index (χ4v) is 5.52. The molecular weight excluding hydrogens is 322 g/mol. The Labute approximate surface area is 160 Å². The first-order valence-corrected chi connectivity index (χ1v) is 11.1. The summed E-state index contributed by atoms with van der Waals surface area (Å²) in [5, 5.41) is 24.3. The lowest BCUT2D eigenvalue weighted by atomic mass is 9.89. The molecule has 0 radical (unpaired) electrons. The molecular formula is C23H39NO2. The van der Waals surface area contributed by atoms with Gasteiger partial charge in [-0.15, -0.1) is 0 Å². The van der Waals surface area contributed by atoms with Crippen LogP contribution in [0.5, 0.6) is 0 Å². The van der Waals surface area contributed by atoms with E-state index in [0.29, 0.717) is 17.8 Å². The summed E-state index contributed by atoms with van der Waals surface area (Å²) in [5.41, 5.74) is 1.62. The summed E-state index contributed by atoms with van der Waals surface area (Å²) in [7, 11) is 0. The number of hydrogen-bond donors (Lipinski definition) is 3. The molecule has 0 heterocycles. The van der Waals surface area contributed by atoms with Crippen LogP contribution in [0, 0.1) is 23.7 Å². The Morgan fingerprint density at radius 3 is 2.77 bits per heavy atom. The summed E-state index contributed by atoms with van der Waals surface area (Å²) in [4.78, 5) is 0. The van der Waals surface area contributed by atoms with E-state index in [-0.39, 0.29) is 18.1 Å². The van der Waals surface area contributed by atoms with Crippen molar-refractivity contribution in [3.05, 3.63) is 23.8 Å². The SMILES string of the molecule is CCNCCCC/C=C1\C[C@H]2C[C@@H](O)[C@H](/C=C/[C@@H](O)C3CCCC3)[C@H]2C1. The van der Waals surface area contributed by atoms with Gasteiger partial charge in [-0.05, 0) is 82.2 Å². The molecule has 3 aliphatic rings. The first kappa shape index (κ1) is 20.1. The molecule has 3 saturated carbocycles. The first-order valence-electron chi connectivity index (χ1n) is 11.1. The third-order valence-corrected chi connectivity index (χ3v) is 7.01. The van der Waals surface area contributed by atoms with Crippen molar-refractivity contribution in [1.82, 2.24) is 5.32 Å². The van der Waals surface area contributed by atoms with Gasteiger partial charge in [0.2, 0.25) is 0 Å². The number of fused-ring (bicyclic) bond motifs is 1. The number of unbranched alkanes of at least 4 members (excludes halogenated alkanes) is 2. The summed E-state index contributed by atoms with van der Waals surface area (Å²) in [6, 6.07) is 0. The maximum Gasteiger partial charge on any atom is 0.0749 e. The van der Waals surface area contributed by atoms with Gasteiger partial charge in [0.15, 0.2) is 0 Å². The molecule has 0 aliphatic heterocycles. The van der Waals surface area contributed by atoms with Crippen molar-refractivity contribution in [3.63, 3.8) is 0 Å². The Kier molecular flexibility index (Phi) is 7.77. The fraction of sp³-hybridized carbons (Fsp3) is 0.826. The van der Waals surface area contributed by atoms with Crippen LogP contribution in [0.25, 0.3) is 0 Å². The van der Waals surface area contributed by atoms with Gasteiger partial charge in [0.25, 0.3) is 0 Å². The van der Waals surface area contributed by atoms with Gasteiger partial charge in [0.1, 0.15) is 0 Å². The molecule has 0 amide bonds. The standard InChI is InChI=1S/C23H39NO2/c1-2-24-13-7-3-4-8-17-14-19-16-23(26)20(21(19)15-17)11-12-22(25)18-9-5-6-10-18/h8,11-12,18-26H,2-7,9-10,13-16H2,1H3/b12-11+,17-8+/t19-,20+,21-,22+,23+/m0/s1. The highest BCUT2D eigenvalue weighted by atomic mass is 16.3. The minimum absolute atomic E-state index is 0.210. The van der Waals surface area contributed by atoms with E-state index in [1.54, 1.807) is 5.57 Å². The van der Waals surface area contributed by atoms with Crippen LogP contribution < -0.4 is 5.32 Å². The monoisotopic (exact) mass is 361 g/mol. The number of rotatable bonds is 9. The zero-order chi connectivity index (χ0) is 18.4. The maximum absolute atomic E-state index is 10.5. The minimum atomic E-state index is -0.308. The van der Waals surface area contributed by atoms with Gasteiger partial charge < -0.3 is 15.5 Å². The van der Waals surface area contributed by atoms with Gasteiger partial charge in [-0.3, -0.25) is 0 Å². The molecule has 3 nitrogen and oxygen atoms in total. The molecule has 3 rings (SSSR count). The molecule has 0 unspecified atom stereocenters. The maximum atomic E-state index is 10.5. The first-order chi connectivity index (χ1) is 12.7. The van der Waals surface area contributed by atoms with Crippen molar-refractivity contribution in [2.45, 2.75) is 83.3 Å². The Balaban J connectivity index is 1.47. The predicted octanol–water partition coefficient (Wildman–Crippen LogP) is 4.21. The van der Waals surface area contributed by atoms with Crippen molar-refractivity contribution in [2.75, 3.05) is 13.1 Å². The van der Waals surface area contributed by atoms with E-state index in [2.05, 4.69) is 24.4 Å². The lowest BCUT2D eigenvalue weighted by molar-refractivity contribution is 0.135. The molecule has 5 atom stereocenters. The number of nitrogens with one attached hydrogen (secondary N) is 1. The quantitative estimate of drug-likeness (QED) is 0.426. The molecule has 3 N–H and O–H groups in total. The second-order valence-electron chi connectivity index (χ2n) is 8.84. The van der Waals surface area contributed by atoms with Gasteiger partial charge in [-0.2, -0.15) is 0 Å². The van der Waals surface area contributed by atoms with Crippen molar-refractivity contribution < 1.29 is 10.2 Å². The Morgan fingerprint density at radius 2 is 2.00 bits per heavy atom. The van der Waals surface area contributed by atoms with Crippen LogP contribution in [-0.2, 0) is 0 Å². The number of aliphatic hydroxyl groups is 2. The lowest BCUT2D eigenvalue weighted by Gasteiger charge is -2.19. The third-order valence-electron chi connectivity index (χ3n) is 7.01. The van der Waals surface area contributed by atoms with E-state index in [1.165, 1.54) is 38.5 Å². The van der Waals surface area contributed by atoms with E-state index in [4.69, 9.17) is 0 Å². The highest BCUT2D eigenvalue weighted by molar-refractivity contribution is 5.18.